The first-order valence-corrected chi connectivity index (χ1v) is 9.95. The number of hydrogen-bond donors (Lipinski definition) is 3. The molecule has 0 saturated carbocycles. The van der Waals surface area contributed by atoms with Crippen LogP contribution in [0.25, 0.3) is 11.1 Å². The Morgan fingerprint density at radius 2 is 2.03 bits per heavy atom. The quantitative estimate of drug-likeness (QED) is 0.475. The summed E-state index contributed by atoms with van der Waals surface area (Å²) in [5, 5.41) is 31.6. The van der Waals surface area contributed by atoms with Gasteiger partial charge >= 0.3 is 5.97 Å². The molecule has 164 valence electrons. The molecular weight excluding hydrogens is 437 g/mol. The topological polar surface area (TPSA) is 132 Å². The predicted octanol–water partition coefficient (Wildman–Crippen LogP) is 3.61. The average Bonchev–Trinajstić information content (AvgIpc) is 3.31. The van der Waals surface area contributed by atoms with Gasteiger partial charge in [-0.2, -0.15) is 20.7 Å². The molecule has 2 unspecified atom stereocenters. The van der Waals surface area contributed by atoms with Crippen molar-refractivity contribution in [2.75, 3.05) is 0 Å². The average molecular weight is 456 g/mol. The summed E-state index contributed by atoms with van der Waals surface area (Å²) in [5.74, 6) is -2.24. The number of carboxylic acids is 1. The van der Waals surface area contributed by atoms with Crippen LogP contribution in [0.5, 0.6) is 0 Å². The van der Waals surface area contributed by atoms with E-state index in [0.717, 1.165) is 5.56 Å². The number of nitriles is 1. The maximum atomic E-state index is 14.1. The number of H-pyrrole nitrogens is 1. The molecule has 32 heavy (non-hydrogen) atoms. The third-order valence-corrected chi connectivity index (χ3v) is 5.27. The molecule has 3 rings (SSSR count). The molecule has 2 atom stereocenters. The van der Waals surface area contributed by atoms with Crippen molar-refractivity contribution in [2.45, 2.75) is 25.8 Å². The Bertz CT molecular complexity index is 1160. The number of carbonyl (C=O) groups excluding carboxylic acids is 1. The van der Waals surface area contributed by atoms with Gasteiger partial charge in [0, 0.05) is 16.6 Å². The molecule has 0 aliphatic heterocycles. The minimum Gasteiger partial charge on any atom is -0.480 e. The monoisotopic (exact) mass is 455 g/mol. The normalized spacial score (nSPS) is 13.6. The first-order valence-electron chi connectivity index (χ1n) is 9.57. The molecule has 0 aliphatic rings. The van der Waals surface area contributed by atoms with Crippen LogP contribution in [0, 0.1) is 22.6 Å². The van der Waals surface area contributed by atoms with Crippen LogP contribution in [0.1, 0.15) is 29.4 Å². The number of benzene rings is 2. The van der Waals surface area contributed by atoms with E-state index in [9.17, 15) is 24.3 Å². The largest absolute Gasteiger partial charge is 0.480 e. The summed E-state index contributed by atoms with van der Waals surface area (Å²) in [6.07, 6.45) is 1.35. The molecule has 1 amide bonds. The van der Waals surface area contributed by atoms with Crippen molar-refractivity contribution in [1.29, 1.82) is 5.26 Å². The summed E-state index contributed by atoms with van der Waals surface area (Å²) in [5.41, 5.74) is 0.0568. The number of aromatic amines is 1. The Morgan fingerprint density at radius 1 is 1.31 bits per heavy atom. The van der Waals surface area contributed by atoms with Gasteiger partial charge in [0.25, 0.3) is 5.91 Å². The standard InChI is InChI=1S/C22H19ClFN5O3/c1-22(12-25,21(31)32)10-16(27-20(30)19-11-26-29-28-19)8-13-2-4-14(5-3-13)17-9-15(23)6-7-18(17)24/h2-7,9,11,16H,8,10H2,1H3,(H,27,30)(H,31,32)(H,26,28,29). The second-order valence-corrected chi connectivity index (χ2v) is 7.94. The lowest BCUT2D eigenvalue weighted by Crippen LogP contribution is -2.42. The zero-order chi connectivity index (χ0) is 23.3. The summed E-state index contributed by atoms with van der Waals surface area (Å²) in [4.78, 5) is 24.0. The summed E-state index contributed by atoms with van der Waals surface area (Å²) >= 11 is 5.97. The van der Waals surface area contributed by atoms with Gasteiger partial charge in [-0.15, -0.1) is 0 Å². The molecule has 10 heteroatoms. The number of carbonyl (C=O) groups is 2. The van der Waals surface area contributed by atoms with Crippen molar-refractivity contribution in [3.05, 3.63) is 70.8 Å². The lowest BCUT2D eigenvalue weighted by Gasteiger charge is -2.25. The maximum absolute atomic E-state index is 14.1. The molecule has 0 bridgehead atoms. The van der Waals surface area contributed by atoms with E-state index in [1.807, 2.05) is 0 Å². The molecular formula is C22H19ClFN5O3. The minimum absolute atomic E-state index is 0.0377. The molecule has 0 aliphatic carbocycles. The predicted molar refractivity (Wildman–Crippen MR) is 114 cm³/mol. The summed E-state index contributed by atoms with van der Waals surface area (Å²) < 4.78 is 14.1. The van der Waals surface area contributed by atoms with Gasteiger partial charge in [-0.3, -0.25) is 9.59 Å². The van der Waals surface area contributed by atoms with E-state index in [1.54, 1.807) is 30.3 Å². The van der Waals surface area contributed by atoms with E-state index in [0.29, 0.717) is 16.1 Å². The Hall–Kier alpha value is -3.77. The van der Waals surface area contributed by atoms with Crippen LogP contribution in [0.2, 0.25) is 5.02 Å². The van der Waals surface area contributed by atoms with Crippen LogP contribution in [-0.2, 0) is 11.2 Å². The fraction of sp³-hybridized carbons (Fsp3) is 0.227. The van der Waals surface area contributed by atoms with Crippen LogP contribution in [0.4, 0.5) is 4.39 Å². The molecule has 2 aromatic carbocycles. The van der Waals surface area contributed by atoms with E-state index in [-0.39, 0.29) is 18.5 Å². The van der Waals surface area contributed by atoms with Crippen molar-refractivity contribution >= 4 is 23.5 Å². The van der Waals surface area contributed by atoms with Crippen LogP contribution in [0.3, 0.4) is 0 Å². The van der Waals surface area contributed by atoms with Crippen LogP contribution in [0.15, 0.2) is 48.7 Å². The van der Waals surface area contributed by atoms with Crippen molar-refractivity contribution in [3.8, 4) is 17.2 Å². The fourth-order valence-electron chi connectivity index (χ4n) is 3.24. The Balaban J connectivity index is 1.83. The summed E-state index contributed by atoms with van der Waals surface area (Å²) in [7, 11) is 0. The molecule has 1 aromatic heterocycles. The van der Waals surface area contributed by atoms with Gasteiger partial charge in [-0.1, -0.05) is 35.9 Å². The van der Waals surface area contributed by atoms with Gasteiger partial charge in [0.2, 0.25) is 0 Å². The Kier molecular flexibility index (Phi) is 6.85. The van der Waals surface area contributed by atoms with E-state index in [2.05, 4.69) is 20.7 Å². The van der Waals surface area contributed by atoms with Gasteiger partial charge in [0.15, 0.2) is 11.1 Å². The second-order valence-electron chi connectivity index (χ2n) is 7.50. The minimum atomic E-state index is -1.70. The zero-order valence-electron chi connectivity index (χ0n) is 17.0. The van der Waals surface area contributed by atoms with Crippen molar-refractivity contribution in [3.63, 3.8) is 0 Å². The molecule has 3 N–H and O–H groups in total. The lowest BCUT2D eigenvalue weighted by molar-refractivity contribution is -0.145. The van der Waals surface area contributed by atoms with Crippen molar-refractivity contribution < 1.29 is 19.1 Å². The van der Waals surface area contributed by atoms with E-state index in [1.165, 1.54) is 31.3 Å². The van der Waals surface area contributed by atoms with Crippen LogP contribution >= 0.6 is 11.6 Å². The number of nitrogens with one attached hydrogen (secondary N) is 2. The number of hydrogen-bond acceptors (Lipinski definition) is 5. The zero-order valence-corrected chi connectivity index (χ0v) is 17.7. The third-order valence-electron chi connectivity index (χ3n) is 5.03. The molecule has 3 aromatic rings. The first-order chi connectivity index (χ1) is 15.2. The molecule has 0 spiro atoms. The molecule has 0 saturated heterocycles. The third kappa shape index (κ3) is 5.28. The van der Waals surface area contributed by atoms with Crippen molar-refractivity contribution in [1.82, 2.24) is 20.7 Å². The summed E-state index contributed by atoms with van der Waals surface area (Å²) in [6, 6.07) is 12.3. The number of aliphatic carboxylic acids is 1. The second kappa shape index (κ2) is 9.58. The van der Waals surface area contributed by atoms with Gasteiger partial charge in [-0.25, -0.2) is 4.39 Å². The number of aromatic nitrogens is 3. The molecule has 0 fully saturated rings. The molecule has 0 radical (unpaired) electrons. The Morgan fingerprint density at radius 3 is 2.62 bits per heavy atom. The first kappa shape index (κ1) is 22.9. The Labute approximate surface area is 188 Å². The number of nitrogens with zero attached hydrogens (tertiary/aromatic N) is 3. The summed E-state index contributed by atoms with van der Waals surface area (Å²) in [6.45, 7) is 1.30. The highest BCUT2D eigenvalue weighted by Crippen LogP contribution is 2.28. The van der Waals surface area contributed by atoms with E-state index < -0.39 is 29.2 Å². The molecule has 1 heterocycles. The van der Waals surface area contributed by atoms with Crippen molar-refractivity contribution in [2.24, 2.45) is 5.41 Å². The number of rotatable bonds is 8. The highest BCUT2D eigenvalue weighted by molar-refractivity contribution is 6.30. The lowest BCUT2D eigenvalue weighted by atomic mass is 9.83. The fourth-order valence-corrected chi connectivity index (χ4v) is 3.41. The smallest absolute Gasteiger partial charge is 0.323 e. The number of amides is 1. The van der Waals surface area contributed by atoms with Gasteiger partial charge in [0.05, 0.1) is 12.3 Å². The maximum Gasteiger partial charge on any atom is 0.323 e. The van der Waals surface area contributed by atoms with Gasteiger partial charge in [-0.05, 0) is 49.1 Å². The van der Waals surface area contributed by atoms with E-state index in [4.69, 9.17) is 11.6 Å². The van der Waals surface area contributed by atoms with E-state index >= 15 is 0 Å². The number of carboxylic acid groups (broad SMARTS) is 1. The highest BCUT2D eigenvalue weighted by Gasteiger charge is 2.37. The van der Waals surface area contributed by atoms with Crippen LogP contribution in [-0.4, -0.2) is 38.4 Å². The van der Waals surface area contributed by atoms with Gasteiger partial charge < -0.3 is 10.4 Å². The number of halogens is 2. The van der Waals surface area contributed by atoms with Crippen LogP contribution < -0.4 is 5.32 Å². The van der Waals surface area contributed by atoms with Gasteiger partial charge in [0.1, 0.15) is 5.82 Å². The SMILES string of the molecule is CC(C#N)(CC(Cc1ccc(-c2cc(Cl)ccc2F)cc1)NC(=O)c1cn[nH]n1)C(=O)O. The molecule has 8 nitrogen and oxygen atoms in total. The highest BCUT2D eigenvalue weighted by atomic mass is 35.5.